The smallest absolute Gasteiger partial charge is 0.0629 e. The van der Waals surface area contributed by atoms with Gasteiger partial charge in [-0.05, 0) is 19.9 Å². The molecule has 0 atom stereocenters. The summed E-state index contributed by atoms with van der Waals surface area (Å²) in [6.07, 6.45) is 5.92. The molecule has 3 nitrogen and oxygen atoms in total. The predicted octanol–water partition coefficient (Wildman–Crippen LogP) is 1.54. The number of aromatic nitrogens is 2. The van der Waals surface area contributed by atoms with E-state index in [4.69, 9.17) is 0 Å². The highest BCUT2D eigenvalue weighted by Crippen LogP contribution is 2.13. The quantitative estimate of drug-likeness (QED) is 0.626. The van der Waals surface area contributed by atoms with Gasteiger partial charge in [0.2, 0.25) is 0 Å². The molecule has 0 radical (unpaired) electrons. The minimum atomic E-state index is 0.560. The molecule has 0 N–H and O–H groups in total. The second kappa shape index (κ2) is 2.66. The van der Waals surface area contributed by atoms with Gasteiger partial charge in [-0.15, -0.1) is 0 Å². The van der Waals surface area contributed by atoms with Gasteiger partial charge in [0, 0.05) is 24.6 Å². The lowest BCUT2D eigenvalue weighted by Gasteiger charge is -2.27. The van der Waals surface area contributed by atoms with Crippen LogP contribution in [-0.4, -0.2) is 20.7 Å². The Bertz CT molecular complexity index is 298. The fourth-order valence-corrected chi connectivity index (χ4v) is 1.34. The molecular weight excluding hydrogens is 150 g/mol. The topological polar surface area (TPSA) is 21.1 Å². The Morgan fingerprint density at radius 3 is 3.00 bits per heavy atom. The largest absolute Gasteiger partial charge is 0.368 e. The van der Waals surface area contributed by atoms with Crippen molar-refractivity contribution in [1.29, 1.82) is 0 Å². The number of nitrogens with zero attached hydrogens (tertiary/aromatic N) is 3. The Hall–Kier alpha value is -1.25. The van der Waals surface area contributed by atoms with Gasteiger partial charge < -0.3 is 4.90 Å². The van der Waals surface area contributed by atoms with Gasteiger partial charge in [-0.2, -0.15) is 5.10 Å². The highest BCUT2D eigenvalue weighted by atomic mass is 15.3. The van der Waals surface area contributed by atoms with Crippen molar-refractivity contribution in [2.45, 2.75) is 26.4 Å². The van der Waals surface area contributed by atoms with Crippen LogP contribution < -0.4 is 0 Å². The first-order valence-corrected chi connectivity index (χ1v) is 4.24. The van der Waals surface area contributed by atoms with Gasteiger partial charge in [0.05, 0.1) is 12.2 Å². The summed E-state index contributed by atoms with van der Waals surface area (Å²) in [7, 11) is 0. The monoisotopic (exact) mass is 163 g/mol. The average Bonchev–Trinajstić information content (AvgIpc) is 2.49. The van der Waals surface area contributed by atoms with E-state index >= 15 is 0 Å². The van der Waals surface area contributed by atoms with Gasteiger partial charge in [-0.25, -0.2) is 4.68 Å². The molecule has 0 fully saturated rings. The third kappa shape index (κ3) is 1.11. The number of rotatable bonds is 1. The number of hydrogen-bond acceptors (Lipinski definition) is 2. The average molecular weight is 163 g/mol. The van der Waals surface area contributed by atoms with Crippen molar-refractivity contribution in [3.63, 3.8) is 0 Å². The van der Waals surface area contributed by atoms with Crippen molar-refractivity contribution >= 4 is 6.20 Å². The lowest BCUT2D eigenvalue weighted by atomic mass is 10.3. The molecule has 1 aromatic rings. The standard InChI is InChI=1S/C9H13N3/c1-8(2)11-5-6-12-9(7-11)3-4-10-12/h3-6,8H,7H2,1-2H3. The van der Waals surface area contributed by atoms with Gasteiger partial charge in [-0.1, -0.05) is 0 Å². The third-order valence-electron chi connectivity index (χ3n) is 2.16. The third-order valence-corrected chi connectivity index (χ3v) is 2.16. The molecule has 12 heavy (non-hydrogen) atoms. The maximum Gasteiger partial charge on any atom is 0.0629 e. The lowest BCUT2D eigenvalue weighted by molar-refractivity contribution is 0.291. The van der Waals surface area contributed by atoms with Crippen molar-refractivity contribution in [2.75, 3.05) is 0 Å². The molecular formula is C9H13N3. The Kier molecular flexibility index (Phi) is 1.64. The fraction of sp³-hybridized carbons (Fsp3) is 0.444. The zero-order valence-electron chi connectivity index (χ0n) is 7.44. The molecule has 0 saturated heterocycles. The zero-order chi connectivity index (χ0) is 8.55. The van der Waals surface area contributed by atoms with Crippen LogP contribution in [0.5, 0.6) is 0 Å². The summed E-state index contributed by atoms with van der Waals surface area (Å²) in [5, 5.41) is 4.15. The first kappa shape index (κ1) is 7.40. The molecule has 1 aliphatic rings. The summed E-state index contributed by atoms with van der Waals surface area (Å²) < 4.78 is 1.92. The Labute approximate surface area is 72.3 Å². The summed E-state index contributed by atoms with van der Waals surface area (Å²) >= 11 is 0. The normalized spacial score (nSPS) is 15.4. The molecule has 0 saturated carbocycles. The molecule has 1 aliphatic heterocycles. The molecule has 0 aromatic carbocycles. The van der Waals surface area contributed by atoms with E-state index in [2.05, 4.69) is 36.1 Å². The van der Waals surface area contributed by atoms with Crippen molar-refractivity contribution in [3.8, 4) is 0 Å². The maximum atomic E-state index is 4.15. The minimum Gasteiger partial charge on any atom is -0.368 e. The van der Waals surface area contributed by atoms with Crippen molar-refractivity contribution < 1.29 is 0 Å². The van der Waals surface area contributed by atoms with Gasteiger partial charge in [0.15, 0.2) is 0 Å². The van der Waals surface area contributed by atoms with E-state index in [1.807, 2.05) is 17.1 Å². The molecule has 2 rings (SSSR count). The van der Waals surface area contributed by atoms with E-state index < -0.39 is 0 Å². The van der Waals surface area contributed by atoms with Crippen LogP contribution >= 0.6 is 0 Å². The molecule has 0 unspecified atom stereocenters. The van der Waals surface area contributed by atoms with Crippen molar-refractivity contribution in [3.05, 3.63) is 24.2 Å². The Balaban J connectivity index is 2.24. The van der Waals surface area contributed by atoms with Crippen molar-refractivity contribution in [2.24, 2.45) is 0 Å². The highest BCUT2D eigenvalue weighted by Gasteiger charge is 2.12. The van der Waals surface area contributed by atoms with E-state index in [1.165, 1.54) is 5.69 Å². The Morgan fingerprint density at radius 2 is 2.25 bits per heavy atom. The van der Waals surface area contributed by atoms with Crippen LogP contribution in [-0.2, 0) is 6.54 Å². The SMILES string of the molecule is CC(C)N1C=Cn2nccc2C1. The lowest BCUT2D eigenvalue weighted by Crippen LogP contribution is -2.28. The molecule has 3 heteroatoms. The summed E-state index contributed by atoms with van der Waals surface area (Å²) in [4.78, 5) is 2.29. The van der Waals surface area contributed by atoms with Crippen LogP contribution in [0.25, 0.3) is 6.20 Å². The van der Waals surface area contributed by atoms with Crippen LogP contribution in [0, 0.1) is 0 Å². The van der Waals surface area contributed by atoms with Gasteiger partial charge in [-0.3, -0.25) is 0 Å². The van der Waals surface area contributed by atoms with Crippen LogP contribution in [0.4, 0.5) is 0 Å². The van der Waals surface area contributed by atoms with Crippen LogP contribution in [0.15, 0.2) is 18.5 Å². The Morgan fingerprint density at radius 1 is 1.42 bits per heavy atom. The number of fused-ring (bicyclic) bond motifs is 1. The van der Waals surface area contributed by atoms with E-state index in [1.54, 1.807) is 0 Å². The van der Waals surface area contributed by atoms with E-state index in [0.29, 0.717) is 6.04 Å². The summed E-state index contributed by atoms with van der Waals surface area (Å²) in [5.74, 6) is 0. The molecule has 64 valence electrons. The first-order chi connectivity index (χ1) is 5.77. The summed E-state index contributed by atoms with van der Waals surface area (Å²) in [6, 6.07) is 2.61. The predicted molar refractivity (Wildman–Crippen MR) is 48.2 cm³/mol. The van der Waals surface area contributed by atoms with Gasteiger partial charge in [0.25, 0.3) is 0 Å². The second-order valence-electron chi connectivity index (χ2n) is 3.33. The highest BCUT2D eigenvalue weighted by molar-refractivity contribution is 5.27. The molecule has 0 spiro atoms. The molecule has 0 amide bonds. The molecule has 1 aromatic heterocycles. The minimum absolute atomic E-state index is 0.560. The second-order valence-corrected chi connectivity index (χ2v) is 3.33. The van der Waals surface area contributed by atoms with Gasteiger partial charge >= 0.3 is 0 Å². The van der Waals surface area contributed by atoms with Crippen LogP contribution in [0.3, 0.4) is 0 Å². The van der Waals surface area contributed by atoms with Crippen LogP contribution in [0.1, 0.15) is 19.5 Å². The van der Waals surface area contributed by atoms with E-state index in [0.717, 1.165) is 6.54 Å². The zero-order valence-corrected chi connectivity index (χ0v) is 7.44. The molecule has 0 bridgehead atoms. The number of hydrogen-bond donors (Lipinski definition) is 0. The molecule has 0 aliphatic carbocycles. The van der Waals surface area contributed by atoms with Crippen LogP contribution in [0.2, 0.25) is 0 Å². The van der Waals surface area contributed by atoms with E-state index in [9.17, 15) is 0 Å². The first-order valence-electron chi connectivity index (χ1n) is 4.24. The van der Waals surface area contributed by atoms with Crippen molar-refractivity contribution in [1.82, 2.24) is 14.7 Å². The maximum absolute atomic E-state index is 4.15. The summed E-state index contributed by atoms with van der Waals surface area (Å²) in [6.45, 7) is 5.35. The van der Waals surface area contributed by atoms with E-state index in [-0.39, 0.29) is 0 Å². The fourth-order valence-electron chi connectivity index (χ4n) is 1.34. The van der Waals surface area contributed by atoms with Gasteiger partial charge in [0.1, 0.15) is 0 Å². The summed E-state index contributed by atoms with van der Waals surface area (Å²) in [5.41, 5.74) is 1.26. The molecule has 2 heterocycles.